The van der Waals surface area contributed by atoms with Crippen LogP contribution in [0.1, 0.15) is 30.5 Å². The van der Waals surface area contributed by atoms with E-state index in [1.54, 1.807) is 6.08 Å². The van der Waals surface area contributed by atoms with E-state index in [0.29, 0.717) is 17.0 Å². The molecule has 134 valence electrons. The Labute approximate surface area is 162 Å². The van der Waals surface area contributed by atoms with Crippen LogP contribution in [0.2, 0.25) is 0 Å². The minimum atomic E-state index is -0.448. The lowest BCUT2D eigenvalue weighted by Gasteiger charge is -2.13. The zero-order valence-electron chi connectivity index (χ0n) is 15.3. The molecule has 0 atom stereocenters. The number of ether oxygens (including phenoxy) is 1. The topological polar surface area (TPSA) is 62.1 Å². The zero-order valence-corrected chi connectivity index (χ0v) is 16.8. The summed E-state index contributed by atoms with van der Waals surface area (Å²) in [4.78, 5) is 12.6. The Morgan fingerprint density at radius 1 is 1.23 bits per heavy atom. The smallest absolute Gasteiger partial charge is 0.266 e. The first-order valence-corrected chi connectivity index (χ1v) is 9.06. The van der Waals surface area contributed by atoms with Gasteiger partial charge in [0.2, 0.25) is 0 Å². The fraction of sp³-hybridized carbons (Fsp3) is 0.238. The first-order chi connectivity index (χ1) is 12.3. The molecule has 0 radical (unpaired) electrons. The van der Waals surface area contributed by atoms with Crippen LogP contribution in [0, 0.1) is 25.2 Å². The second-order valence-electron chi connectivity index (χ2n) is 6.29. The molecule has 0 aliphatic heterocycles. The summed E-state index contributed by atoms with van der Waals surface area (Å²) in [6.45, 7) is 7.71. The van der Waals surface area contributed by atoms with Gasteiger partial charge in [-0.1, -0.05) is 28.1 Å². The predicted molar refractivity (Wildman–Crippen MR) is 108 cm³/mol. The first-order valence-electron chi connectivity index (χ1n) is 8.26. The molecule has 2 rings (SSSR count). The number of hydrogen-bond donors (Lipinski definition) is 1. The highest BCUT2D eigenvalue weighted by Crippen LogP contribution is 2.27. The van der Waals surface area contributed by atoms with E-state index in [4.69, 9.17) is 4.74 Å². The molecule has 0 heterocycles. The fourth-order valence-electron chi connectivity index (χ4n) is 2.36. The maximum atomic E-state index is 12.6. The van der Waals surface area contributed by atoms with Gasteiger partial charge < -0.3 is 10.1 Å². The normalized spacial score (nSPS) is 11.2. The van der Waals surface area contributed by atoms with Crippen molar-refractivity contribution in [3.8, 4) is 11.8 Å². The number of nitrogens with one attached hydrogen (secondary N) is 1. The van der Waals surface area contributed by atoms with Gasteiger partial charge in [0.25, 0.3) is 5.91 Å². The summed E-state index contributed by atoms with van der Waals surface area (Å²) < 4.78 is 6.61. The summed E-state index contributed by atoms with van der Waals surface area (Å²) >= 11 is 3.41. The predicted octanol–water partition coefficient (Wildman–Crippen LogP) is 5.40. The molecule has 0 spiro atoms. The lowest BCUT2D eigenvalue weighted by atomic mass is 10.1. The van der Waals surface area contributed by atoms with Crippen molar-refractivity contribution < 1.29 is 9.53 Å². The minimum absolute atomic E-state index is 0.0117. The van der Waals surface area contributed by atoms with Gasteiger partial charge in [-0.05, 0) is 69.2 Å². The average Bonchev–Trinajstić information content (AvgIpc) is 2.57. The Bertz CT molecular complexity index is 895. The van der Waals surface area contributed by atoms with Gasteiger partial charge in [0.1, 0.15) is 17.4 Å². The SMILES string of the molecule is Cc1ccc(C)c(NC(=O)/C(C#N)=C/c2cc(Br)ccc2OC(C)C)c1. The molecule has 0 aliphatic rings. The van der Waals surface area contributed by atoms with E-state index in [0.717, 1.165) is 15.6 Å². The van der Waals surface area contributed by atoms with Crippen molar-refractivity contribution in [1.82, 2.24) is 0 Å². The second kappa shape index (κ2) is 8.68. The minimum Gasteiger partial charge on any atom is -0.490 e. The van der Waals surface area contributed by atoms with Crippen LogP contribution in [0.15, 0.2) is 46.4 Å². The largest absolute Gasteiger partial charge is 0.490 e. The summed E-state index contributed by atoms with van der Waals surface area (Å²) in [6, 6.07) is 13.3. The van der Waals surface area contributed by atoms with Gasteiger partial charge in [0, 0.05) is 15.7 Å². The molecular weight excluding hydrogens is 392 g/mol. The van der Waals surface area contributed by atoms with Gasteiger partial charge in [0.15, 0.2) is 0 Å². The van der Waals surface area contributed by atoms with Crippen LogP contribution < -0.4 is 10.1 Å². The monoisotopic (exact) mass is 412 g/mol. The Morgan fingerprint density at radius 3 is 2.62 bits per heavy atom. The Morgan fingerprint density at radius 2 is 1.96 bits per heavy atom. The standard InChI is InChI=1S/C21H21BrN2O2/c1-13(2)26-20-8-7-18(22)11-16(20)10-17(12-23)21(25)24-19-9-14(3)5-6-15(19)4/h5-11,13H,1-4H3,(H,24,25)/b17-10+. The van der Waals surface area contributed by atoms with E-state index >= 15 is 0 Å². The highest BCUT2D eigenvalue weighted by molar-refractivity contribution is 9.10. The number of anilines is 1. The maximum Gasteiger partial charge on any atom is 0.266 e. The molecule has 0 aliphatic carbocycles. The van der Waals surface area contributed by atoms with Crippen LogP contribution in [-0.2, 0) is 4.79 Å². The molecule has 0 aromatic heterocycles. The third-order valence-corrected chi connectivity index (χ3v) is 4.13. The number of hydrogen-bond acceptors (Lipinski definition) is 3. The Kier molecular flexibility index (Phi) is 6.59. The second-order valence-corrected chi connectivity index (χ2v) is 7.21. The van der Waals surface area contributed by atoms with Gasteiger partial charge in [-0.15, -0.1) is 0 Å². The van der Waals surface area contributed by atoms with Crippen LogP contribution in [0.5, 0.6) is 5.75 Å². The number of carbonyl (C=O) groups excluding carboxylic acids is 1. The van der Waals surface area contributed by atoms with Gasteiger partial charge >= 0.3 is 0 Å². The maximum absolute atomic E-state index is 12.6. The summed E-state index contributed by atoms with van der Waals surface area (Å²) in [5.41, 5.74) is 3.35. The van der Waals surface area contributed by atoms with E-state index in [2.05, 4.69) is 21.2 Å². The van der Waals surface area contributed by atoms with Gasteiger partial charge in [-0.3, -0.25) is 4.79 Å². The third-order valence-electron chi connectivity index (χ3n) is 3.64. The molecule has 0 saturated carbocycles. The van der Waals surface area contributed by atoms with E-state index in [1.807, 2.05) is 70.2 Å². The molecule has 5 heteroatoms. The van der Waals surface area contributed by atoms with Crippen molar-refractivity contribution in [1.29, 1.82) is 5.26 Å². The van der Waals surface area contributed by atoms with Crippen molar-refractivity contribution in [2.45, 2.75) is 33.8 Å². The summed E-state index contributed by atoms with van der Waals surface area (Å²) in [5, 5.41) is 12.3. The highest BCUT2D eigenvalue weighted by Gasteiger charge is 2.13. The number of amides is 1. The van der Waals surface area contributed by atoms with Gasteiger partial charge in [-0.2, -0.15) is 5.26 Å². The number of halogens is 1. The summed E-state index contributed by atoms with van der Waals surface area (Å²) in [6.07, 6.45) is 1.53. The van der Waals surface area contributed by atoms with Crippen LogP contribution in [0.4, 0.5) is 5.69 Å². The average molecular weight is 413 g/mol. The van der Waals surface area contributed by atoms with Crippen molar-refractivity contribution in [2.75, 3.05) is 5.32 Å². The van der Waals surface area contributed by atoms with Crippen molar-refractivity contribution in [3.63, 3.8) is 0 Å². The summed E-state index contributed by atoms with van der Waals surface area (Å²) in [5.74, 6) is 0.173. The third kappa shape index (κ3) is 5.21. The summed E-state index contributed by atoms with van der Waals surface area (Å²) in [7, 11) is 0. The van der Waals surface area contributed by atoms with E-state index in [1.165, 1.54) is 0 Å². The lowest BCUT2D eigenvalue weighted by Crippen LogP contribution is -2.14. The van der Waals surface area contributed by atoms with Crippen LogP contribution in [0.3, 0.4) is 0 Å². The van der Waals surface area contributed by atoms with Gasteiger partial charge in [0.05, 0.1) is 6.10 Å². The lowest BCUT2D eigenvalue weighted by molar-refractivity contribution is -0.112. The van der Waals surface area contributed by atoms with Crippen molar-refractivity contribution in [3.05, 3.63) is 63.1 Å². The zero-order chi connectivity index (χ0) is 19.3. The number of nitrogens with zero attached hydrogens (tertiary/aromatic N) is 1. The molecule has 1 amide bonds. The van der Waals surface area contributed by atoms with Crippen molar-refractivity contribution >= 4 is 33.6 Å². The van der Waals surface area contributed by atoms with Crippen LogP contribution in [-0.4, -0.2) is 12.0 Å². The molecule has 0 fully saturated rings. The molecule has 0 bridgehead atoms. The van der Waals surface area contributed by atoms with Crippen LogP contribution >= 0.6 is 15.9 Å². The molecule has 2 aromatic carbocycles. The Hall–Kier alpha value is -2.58. The van der Waals surface area contributed by atoms with Gasteiger partial charge in [-0.25, -0.2) is 0 Å². The first kappa shape index (κ1) is 19.7. The quantitative estimate of drug-likeness (QED) is 0.528. The number of nitriles is 1. The molecule has 2 aromatic rings. The van der Waals surface area contributed by atoms with Crippen molar-refractivity contribution in [2.24, 2.45) is 0 Å². The number of benzene rings is 2. The molecule has 4 nitrogen and oxygen atoms in total. The molecule has 0 unspecified atom stereocenters. The molecule has 0 saturated heterocycles. The highest BCUT2D eigenvalue weighted by atomic mass is 79.9. The number of aryl methyl sites for hydroxylation is 2. The van der Waals surface area contributed by atoms with E-state index in [-0.39, 0.29) is 11.7 Å². The van der Waals surface area contributed by atoms with E-state index < -0.39 is 5.91 Å². The molecule has 26 heavy (non-hydrogen) atoms. The number of carbonyl (C=O) groups is 1. The van der Waals surface area contributed by atoms with E-state index in [9.17, 15) is 10.1 Å². The number of rotatable bonds is 5. The Balaban J connectivity index is 2.36. The molecular formula is C21H21BrN2O2. The van der Waals surface area contributed by atoms with Crippen LogP contribution in [0.25, 0.3) is 6.08 Å². The fourth-order valence-corrected chi connectivity index (χ4v) is 2.74. The molecule has 1 N–H and O–H groups in total.